The lowest BCUT2D eigenvalue weighted by Gasteiger charge is -2.38. The Hall–Kier alpha value is -0.530. The van der Waals surface area contributed by atoms with Crippen LogP contribution in [0.15, 0.2) is 0 Å². The topological polar surface area (TPSA) is 37.3 Å². The van der Waals surface area contributed by atoms with Crippen LogP contribution in [-0.4, -0.2) is 11.1 Å². The molecule has 0 aliphatic heterocycles. The third-order valence-corrected chi connectivity index (χ3v) is 6.20. The summed E-state index contributed by atoms with van der Waals surface area (Å²) >= 11 is 0. The molecule has 0 aromatic carbocycles. The number of hydrogen-bond acceptors (Lipinski definition) is 1. The molecule has 0 radical (unpaired) electrons. The number of hydrogen-bond donors (Lipinski definition) is 1. The highest BCUT2D eigenvalue weighted by atomic mass is 16.4. The summed E-state index contributed by atoms with van der Waals surface area (Å²) < 4.78 is 0. The van der Waals surface area contributed by atoms with Gasteiger partial charge in [-0.1, -0.05) is 39.5 Å². The number of aliphatic carboxylic acids is 1. The van der Waals surface area contributed by atoms with Crippen LogP contribution in [0.1, 0.15) is 78.1 Å². The van der Waals surface area contributed by atoms with E-state index in [0.717, 1.165) is 49.4 Å². The van der Waals surface area contributed by atoms with Crippen LogP contribution < -0.4 is 0 Å². The highest BCUT2D eigenvalue weighted by Gasteiger charge is 2.33. The Morgan fingerprint density at radius 3 is 1.95 bits per heavy atom. The van der Waals surface area contributed by atoms with Crippen molar-refractivity contribution >= 4 is 5.97 Å². The van der Waals surface area contributed by atoms with Gasteiger partial charge >= 0.3 is 5.97 Å². The van der Waals surface area contributed by atoms with Crippen LogP contribution in [-0.2, 0) is 4.79 Å². The van der Waals surface area contributed by atoms with E-state index in [1.165, 1.54) is 38.5 Å². The highest BCUT2D eigenvalue weighted by molar-refractivity contribution is 5.69. The summed E-state index contributed by atoms with van der Waals surface area (Å²) in [5.74, 6) is 2.88. The molecular formula is C18H32O2. The van der Waals surface area contributed by atoms with E-state index in [-0.39, 0.29) is 5.92 Å². The first-order valence-corrected chi connectivity index (χ1v) is 8.84. The fourth-order valence-electron chi connectivity index (χ4n) is 4.69. The minimum Gasteiger partial charge on any atom is -0.481 e. The van der Waals surface area contributed by atoms with Gasteiger partial charge in [0.1, 0.15) is 0 Å². The van der Waals surface area contributed by atoms with Crippen molar-refractivity contribution in [3.8, 4) is 0 Å². The van der Waals surface area contributed by atoms with Crippen molar-refractivity contribution in [1.29, 1.82) is 0 Å². The van der Waals surface area contributed by atoms with Gasteiger partial charge in [-0.25, -0.2) is 0 Å². The molecule has 2 aliphatic carbocycles. The Balaban J connectivity index is 1.75. The Kier molecular flexibility index (Phi) is 5.92. The Morgan fingerprint density at radius 1 is 1.00 bits per heavy atom. The predicted molar refractivity (Wildman–Crippen MR) is 82.6 cm³/mol. The third-order valence-electron chi connectivity index (χ3n) is 6.20. The average molecular weight is 280 g/mol. The summed E-state index contributed by atoms with van der Waals surface area (Å²) in [6.45, 7) is 4.74. The second-order valence-electron chi connectivity index (χ2n) is 7.38. The minimum atomic E-state index is -0.573. The number of carbonyl (C=O) groups is 1. The van der Waals surface area contributed by atoms with Crippen molar-refractivity contribution in [2.24, 2.45) is 29.6 Å². The summed E-state index contributed by atoms with van der Waals surface area (Å²) in [7, 11) is 0. The van der Waals surface area contributed by atoms with Gasteiger partial charge in [-0.3, -0.25) is 4.79 Å². The summed E-state index contributed by atoms with van der Waals surface area (Å²) in [5, 5.41) is 9.09. The zero-order valence-electron chi connectivity index (χ0n) is 13.3. The standard InChI is InChI=1S/C18H32O2/c1-3-4-14-5-7-15(8-6-14)13(2)16-9-11-17(12-10-16)18(19)20/h13-17H,3-12H2,1-2H3,(H,19,20). The molecule has 0 aromatic rings. The van der Waals surface area contributed by atoms with Crippen molar-refractivity contribution in [1.82, 2.24) is 0 Å². The molecule has 20 heavy (non-hydrogen) atoms. The van der Waals surface area contributed by atoms with E-state index in [1.54, 1.807) is 0 Å². The molecule has 2 fully saturated rings. The summed E-state index contributed by atoms with van der Waals surface area (Å²) in [6.07, 6.45) is 12.6. The molecule has 2 nitrogen and oxygen atoms in total. The van der Waals surface area contributed by atoms with Crippen molar-refractivity contribution in [3.63, 3.8) is 0 Å². The molecule has 2 heteroatoms. The van der Waals surface area contributed by atoms with Crippen LogP contribution in [0.5, 0.6) is 0 Å². The summed E-state index contributed by atoms with van der Waals surface area (Å²) in [6, 6.07) is 0. The Morgan fingerprint density at radius 2 is 1.50 bits per heavy atom. The fraction of sp³-hybridized carbons (Fsp3) is 0.944. The maximum absolute atomic E-state index is 11.0. The summed E-state index contributed by atoms with van der Waals surface area (Å²) in [5.41, 5.74) is 0. The first-order chi connectivity index (χ1) is 9.61. The van der Waals surface area contributed by atoms with Crippen LogP contribution in [0.25, 0.3) is 0 Å². The molecule has 0 saturated heterocycles. The van der Waals surface area contributed by atoms with Crippen molar-refractivity contribution < 1.29 is 9.90 Å². The second kappa shape index (κ2) is 7.47. The minimum absolute atomic E-state index is 0.0567. The smallest absolute Gasteiger partial charge is 0.306 e. The number of carboxylic acids is 1. The fourth-order valence-corrected chi connectivity index (χ4v) is 4.69. The summed E-state index contributed by atoms with van der Waals surface area (Å²) in [4.78, 5) is 11.0. The molecule has 1 unspecified atom stereocenters. The van der Waals surface area contributed by atoms with Crippen LogP contribution in [0.2, 0.25) is 0 Å². The largest absolute Gasteiger partial charge is 0.481 e. The van der Waals surface area contributed by atoms with Gasteiger partial charge in [-0.2, -0.15) is 0 Å². The van der Waals surface area contributed by atoms with Crippen LogP contribution >= 0.6 is 0 Å². The second-order valence-corrected chi connectivity index (χ2v) is 7.38. The van der Waals surface area contributed by atoms with E-state index in [0.29, 0.717) is 0 Å². The van der Waals surface area contributed by atoms with E-state index in [2.05, 4.69) is 13.8 Å². The van der Waals surface area contributed by atoms with Crippen molar-refractivity contribution in [2.45, 2.75) is 78.1 Å². The predicted octanol–water partition coefficient (Wildman–Crippen LogP) is 5.12. The van der Waals surface area contributed by atoms with Gasteiger partial charge in [0.15, 0.2) is 0 Å². The lowest BCUT2D eigenvalue weighted by atomic mass is 9.67. The molecular weight excluding hydrogens is 248 g/mol. The van der Waals surface area contributed by atoms with E-state index in [1.807, 2.05) is 0 Å². The Bertz CT molecular complexity index is 297. The normalized spacial score (nSPS) is 36.5. The molecule has 0 amide bonds. The zero-order chi connectivity index (χ0) is 14.5. The van der Waals surface area contributed by atoms with Gasteiger partial charge in [0.25, 0.3) is 0 Å². The SMILES string of the molecule is CCCC1CCC(C(C)C2CCC(C(=O)O)CC2)CC1. The first kappa shape index (κ1) is 15.9. The first-order valence-electron chi connectivity index (χ1n) is 8.84. The maximum Gasteiger partial charge on any atom is 0.306 e. The van der Waals surface area contributed by atoms with E-state index in [4.69, 9.17) is 5.11 Å². The lowest BCUT2D eigenvalue weighted by Crippen LogP contribution is -2.30. The van der Waals surface area contributed by atoms with Crippen molar-refractivity contribution in [2.75, 3.05) is 0 Å². The Labute approximate surface area is 124 Å². The molecule has 1 atom stereocenters. The average Bonchev–Trinajstić information content (AvgIpc) is 2.48. The maximum atomic E-state index is 11.0. The molecule has 2 saturated carbocycles. The van der Waals surface area contributed by atoms with Gasteiger partial charge in [-0.15, -0.1) is 0 Å². The van der Waals surface area contributed by atoms with E-state index < -0.39 is 5.97 Å². The van der Waals surface area contributed by atoms with Gasteiger partial charge in [-0.05, 0) is 62.2 Å². The third kappa shape index (κ3) is 3.99. The quantitative estimate of drug-likeness (QED) is 0.759. The molecule has 2 aliphatic rings. The monoisotopic (exact) mass is 280 g/mol. The molecule has 0 heterocycles. The lowest BCUT2D eigenvalue weighted by molar-refractivity contribution is -0.143. The van der Waals surface area contributed by atoms with Gasteiger partial charge in [0.2, 0.25) is 0 Å². The molecule has 116 valence electrons. The molecule has 2 rings (SSSR count). The van der Waals surface area contributed by atoms with Crippen molar-refractivity contribution in [3.05, 3.63) is 0 Å². The van der Waals surface area contributed by atoms with Gasteiger partial charge in [0, 0.05) is 0 Å². The van der Waals surface area contributed by atoms with Crippen LogP contribution in [0.4, 0.5) is 0 Å². The van der Waals surface area contributed by atoms with Gasteiger partial charge in [0.05, 0.1) is 5.92 Å². The van der Waals surface area contributed by atoms with Crippen LogP contribution in [0.3, 0.4) is 0 Å². The van der Waals surface area contributed by atoms with Crippen LogP contribution in [0, 0.1) is 29.6 Å². The van der Waals surface area contributed by atoms with Gasteiger partial charge < -0.3 is 5.11 Å². The molecule has 1 N–H and O–H groups in total. The molecule has 0 aromatic heterocycles. The molecule has 0 bridgehead atoms. The molecule has 0 spiro atoms. The van der Waals surface area contributed by atoms with E-state index >= 15 is 0 Å². The zero-order valence-corrected chi connectivity index (χ0v) is 13.3. The van der Waals surface area contributed by atoms with E-state index in [9.17, 15) is 4.79 Å². The number of carboxylic acid groups (broad SMARTS) is 1. The number of rotatable bonds is 5. The highest BCUT2D eigenvalue weighted by Crippen LogP contribution is 2.42.